The molecule has 0 fully saturated rings. The monoisotopic (exact) mass is 344 g/mol. The SMILES string of the molecule is CCF.CF.FCCOC(OCF)(C(F)(F)F)C(F)(F)F. The van der Waals surface area contributed by atoms with Gasteiger partial charge in [0.1, 0.15) is 6.67 Å². The van der Waals surface area contributed by atoms with Crippen molar-refractivity contribution in [2.45, 2.75) is 25.1 Å². The minimum absolute atomic E-state index is 0.250. The van der Waals surface area contributed by atoms with Crippen molar-refractivity contribution in [2.24, 2.45) is 0 Å². The summed E-state index contributed by atoms with van der Waals surface area (Å²) < 4.78 is 122. The zero-order valence-corrected chi connectivity index (χ0v) is 10.9. The van der Waals surface area contributed by atoms with Gasteiger partial charge in [-0.2, -0.15) is 26.3 Å². The molecule has 2 nitrogen and oxygen atoms in total. The van der Waals surface area contributed by atoms with Crippen LogP contribution >= 0.6 is 0 Å². The Hall–Kier alpha value is -0.780. The highest BCUT2D eigenvalue weighted by molar-refractivity contribution is 4.87. The molecule has 0 aliphatic heterocycles. The first-order chi connectivity index (χ1) is 9.54. The van der Waals surface area contributed by atoms with Gasteiger partial charge in [0.05, 0.1) is 20.5 Å². The van der Waals surface area contributed by atoms with Crippen LogP contribution in [-0.2, 0) is 9.47 Å². The van der Waals surface area contributed by atoms with Gasteiger partial charge in [-0.15, -0.1) is 0 Å². The van der Waals surface area contributed by atoms with Crippen LogP contribution in [0.3, 0.4) is 0 Å². The minimum Gasteiger partial charge on any atom is -0.333 e. The fourth-order valence-corrected chi connectivity index (χ4v) is 0.789. The van der Waals surface area contributed by atoms with E-state index in [1.165, 1.54) is 6.92 Å². The molecule has 0 radical (unpaired) electrons. The van der Waals surface area contributed by atoms with Gasteiger partial charge in [-0.1, -0.05) is 0 Å². The molecule has 0 aromatic rings. The van der Waals surface area contributed by atoms with E-state index in [1.807, 2.05) is 0 Å². The van der Waals surface area contributed by atoms with Crippen molar-refractivity contribution in [1.29, 1.82) is 0 Å². The molecule has 132 valence electrons. The Labute approximate surface area is 114 Å². The lowest BCUT2D eigenvalue weighted by molar-refractivity contribution is -0.473. The maximum absolute atomic E-state index is 12.1. The van der Waals surface area contributed by atoms with Crippen LogP contribution in [0, 0.1) is 0 Å². The molecule has 0 N–H and O–H groups in total. The largest absolute Gasteiger partial charge is 0.453 e. The van der Waals surface area contributed by atoms with E-state index in [9.17, 15) is 43.9 Å². The highest BCUT2D eigenvalue weighted by atomic mass is 19.4. The fourth-order valence-electron chi connectivity index (χ4n) is 0.789. The Balaban J connectivity index is -0.000000569. The molecule has 0 aromatic carbocycles. The average molecular weight is 344 g/mol. The molecule has 0 saturated heterocycles. The van der Waals surface area contributed by atoms with Crippen molar-refractivity contribution < 1.29 is 53.4 Å². The van der Waals surface area contributed by atoms with Crippen molar-refractivity contribution in [1.82, 2.24) is 0 Å². The van der Waals surface area contributed by atoms with Crippen LogP contribution in [0.25, 0.3) is 0 Å². The van der Waals surface area contributed by atoms with E-state index in [-0.39, 0.29) is 6.67 Å². The molecular weight excluding hydrogens is 330 g/mol. The molecule has 0 aliphatic rings. The van der Waals surface area contributed by atoms with E-state index in [1.54, 1.807) is 0 Å². The third-order valence-electron chi connectivity index (χ3n) is 1.39. The topological polar surface area (TPSA) is 18.5 Å². The number of hydrogen-bond acceptors (Lipinski definition) is 2. The van der Waals surface area contributed by atoms with Gasteiger partial charge in [0.15, 0.2) is 6.86 Å². The summed E-state index contributed by atoms with van der Waals surface area (Å²) in [7, 11) is 0.500. The summed E-state index contributed by atoms with van der Waals surface area (Å²) in [6.07, 6.45) is -12.2. The summed E-state index contributed by atoms with van der Waals surface area (Å²) in [5.74, 6) is -5.14. The average Bonchev–Trinajstić information content (AvgIpc) is 2.35. The second kappa shape index (κ2) is 11.8. The number of rotatable bonds is 5. The second-order valence-electron chi connectivity index (χ2n) is 2.67. The molecule has 0 aliphatic carbocycles. The molecule has 0 aromatic heterocycles. The normalized spacial score (nSPS) is 12.0. The maximum Gasteiger partial charge on any atom is 0.453 e. The van der Waals surface area contributed by atoms with Crippen molar-refractivity contribution in [3.8, 4) is 0 Å². The van der Waals surface area contributed by atoms with Crippen molar-refractivity contribution in [3.05, 3.63) is 0 Å². The molecule has 0 heterocycles. The van der Waals surface area contributed by atoms with Crippen LogP contribution in [0.5, 0.6) is 0 Å². The van der Waals surface area contributed by atoms with Crippen LogP contribution in [0.2, 0.25) is 0 Å². The van der Waals surface area contributed by atoms with Crippen molar-refractivity contribution in [3.63, 3.8) is 0 Å². The standard InChI is InChI=1S/C6H6F8O2.C2H5F.CH3F/c7-1-2-15-4(16-3-8,5(9,10)11)6(12,13)14;1-2-3;1-2/h1-3H2;2H2,1H3;1H3. The van der Waals surface area contributed by atoms with E-state index in [0.717, 1.165) is 0 Å². The van der Waals surface area contributed by atoms with Crippen LogP contribution in [0.4, 0.5) is 43.9 Å². The fraction of sp³-hybridized carbons (Fsp3) is 1.00. The van der Waals surface area contributed by atoms with Crippen LogP contribution in [-0.4, -0.2) is 52.1 Å². The summed E-state index contributed by atoms with van der Waals surface area (Å²) in [4.78, 5) is 0. The first-order valence-corrected chi connectivity index (χ1v) is 5.01. The molecule has 12 heteroatoms. The van der Waals surface area contributed by atoms with E-state index < -0.39 is 38.3 Å². The first kappa shape index (κ1) is 25.2. The Bertz CT molecular complexity index is 214. The van der Waals surface area contributed by atoms with Gasteiger partial charge >= 0.3 is 18.1 Å². The summed E-state index contributed by atoms with van der Waals surface area (Å²) in [5, 5.41) is 0. The highest BCUT2D eigenvalue weighted by Crippen LogP contribution is 2.46. The van der Waals surface area contributed by atoms with E-state index in [4.69, 9.17) is 0 Å². The summed E-state index contributed by atoms with van der Waals surface area (Å²) in [6.45, 7) is -4.31. The number of alkyl halides is 10. The number of ether oxygens (including phenoxy) is 2. The third-order valence-corrected chi connectivity index (χ3v) is 1.39. The number of hydrogen-bond donors (Lipinski definition) is 0. The predicted octanol–water partition coefficient (Wildman–Crippen LogP) is 4.30. The molecule has 0 atom stereocenters. The molecule has 0 rings (SSSR count). The van der Waals surface area contributed by atoms with E-state index >= 15 is 0 Å². The summed E-state index contributed by atoms with van der Waals surface area (Å²) >= 11 is 0. The molecule has 0 unspecified atom stereocenters. The zero-order valence-electron chi connectivity index (χ0n) is 10.9. The van der Waals surface area contributed by atoms with Gasteiger partial charge in [0, 0.05) is 0 Å². The minimum atomic E-state index is -6.08. The first-order valence-electron chi connectivity index (χ1n) is 5.01. The molecule has 0 spiro atoms. The highest BCUT2D eigenvalue weighted by Gasteiger charge is 2.74. The maximum atomic E-state index is 12.1. The smallest absolute Gasteiger partial charge is 0.333 e. The molecule has 0 saturated carbocycles. The van der Waals surface area contributed by atoms with Gasteiger partial charge in [-0.3, -0.25) is 8.78 Å². The molecule has 0 amide bonds. The number of halogens is 10. The molecule has 0 bridgehead atoms. The van der Waals surface area contributed by atoms with Crippen molar-refractivity contribution >= 4 is 0 Å². The van der Waals surface area contributed by atoms with Crippen LogP contribution < -0.4 is 0 Å². The van der Waals surface area contributed by atoms with Gasteiger partial charge in [-0.05, 0) is 6.92 Å². The van der Waals surface area contributed by atoms with Gasteiger partial charge in [0.2, 0.25) is 0 Å². The van der Waals surface area contributed by atoms with Gasteiger partial charge in [0.25, 0.3) is 0 Å². The van der Waals surface area contributed by atoms with E-state index in [2.05, 4.69) is 9.47 Å². The van der Waals surface area contributed by atoms with Gasteiger partial charge < -0.3 is 9.47 Å². The molecular formula is C9H14F10O2. The Morgan fingerprint density at radius 3 is 1.29 bits per heavy atom. The Morgan fingerprint density at radius 1 is 0.762 bits per heavy atom. The lowest BCUT2D eigenvalue weighted by Gasteiger charge is -2.35. The van der Waals surface area contributed by atoms with Crippen LogP contribution in [0.1, 0.15) is 6.92 Å². The van der Waals surface area contributed by atoms with Gasteiger partial charge in [-0.25, -0.2) is 8.78 Å². The Morgan fingerprint density at radius 2 is 1.10 bits per heavy atom. The summed E-state index contributed by atoms with van der Waals surface area (Å²) in [6, 6.07) is 0. The third kappa shape index (κ3) is 8.29. The second-order valence-corrected chi connectivity index (χ2v) is 2.67. The van der Waals surface area contributed by atoms with Crippen LogP contribution in [0.15, 0.2) is 0 Å². The quantitative estimate of drug-likeness (QED) is 0.547. The van der Waals surface area contributed by atoms with Crippen molar-refractivity contribution in [2.75, 3.05) is 34.0 Å². The zero-order chi connectivity index (χ0) is 17.7. The van der Waals surface area contributed by atoms with E-state index in [0.29, 0.717) is 7.18 Å². The Kier molecular flexibility index (Phi) is 14.2. The molecule has 21 heavy (non-hydrogen) atoms. The summed E-state index contributed by atoms with van der Waals surface area (Å²) in [5.41, 5.74) is 0. The lowest BCUT2D eigenvalue weighted by atomic mass is 10.2. The lowest BCUT2D eigenvalue weighted by Crippen LogP contribution is -2.60. The predicted molar refractivity (Wildman–Crippen MR) is 52.5 cm³/mol.